The van der Waals surface area contributed by atoms with Gasteiger partial charge in [-0.25, -0.2) is 4.98 Å². The molecule has 1 amide bonds. The van der Waals surface area contributed by atoms with Gasteiger partial charge in [0.1, 0.15) is 0 Å². The lowest BCUT2D eigenvalue weighted by Gasteiger charge is -2.35. The predicted molar refractivity (Wildman–Crippen MR) is 102 cm³/mol. The number of fused-ring (bicyclic) bond motifs is 1. The summed E-state index contributed by atoms with van der Waals surface area (Å²) in [5.41, 5.74) is 1.50. The van der Waals surface area contributed by atoms with Gasteiger partial charge in [0.25, 0.3) is 5.56 Å². The third-order valence-electron chi connectivity index (χ3n) is 5.26. The van der Waals surface area contributed by atoms with Crippen molar-refractivity contribution < 1.29 is 14.7 Å². The molecule has 1 aliphatic heterocycles. The van der Waals surface area contributed by atoms with E-state index in [1.165, 1.54) is 10.9 Å². The number of benzene rings is 1. The summed E-state index contributed by atoms with van der Waals surface area (Å²) in [6, 6.07) is 5.48. The first-order chi connectivity index (χ1) is 13.0. The van der Waals surface area contributed by atoms with Crippen LogP contribution in [-0.2, 0) is 16.1 Å². The molecular weight excluding hydrogens is 346 g/mol. The maximum atomic E-state index is 12.7. The van der Waals surface area contributed by atoms with Crippen LogP contribution in [-0.4, -0.2) is 44.0 Å². The number of piperidine rings is 1. The number of aromatic nitrogens is 2. The van der Waals surface area contributed by atoms with E-state index >= 15 is 0 Å². The molecule has 27 heavy (non-hydrogen) atoms. The Hall–Kier alpha value is -2.70. The highest BCUT2D eigenvalue weighted by atomic mass is 16.4. The van der Waals surface area contributed by atoms with Crippen molar-refractivity contribution in [2.45, 2.75) is 58.0 Å². The fourth-order valence-corrected chi connectivity index (χ4v) is 3.78. The third-order valence-corrected chi connectivity index (χ3v) is 5.26. The second kappa shape index (κ2) is 8.33. The Labute approximate surface area is 157 Å². The predicted octanol–water partition coefficient (Wildman–Crippen LogP) is 2.34. The van der Waals surface area contributed by atoms with Gasteiger partial charge in [0.2, 0.25) is 5.91 Å². The van der Waals surface area contributed by atoms with Crippen LogP contribution in [0.25, 0.3) is 10.9 Å². The quantitative estimate of drug-likeness (QED) is 0.841. The number of rotatable bonds is 6. The minimum Gasteiger partial charge on any atom is -0.481 e. The number of hydrogen-bond acceptors (Lipinski definition) is 4. The molecule has 0 radical (unpaired) electrons. The van der Waals surface area contributed by atoms with Gasteiger partial charge >= 0.3 is 5.97 Å². The molecule has 0 aliphatic carbocycles. The first-order valence-corrected chi connectivity index (χ1v) is 9.43. The standard InChI is InChI=1S/C20H25N3O4/c1-14-5-4-7-16-19(14)21-13-22(20(16)27)12-10-17(24)23-11-3-2-6-15(23)8-9-18(25)26/h4-5,7,13,15H,2-3,6,8-12H2,1H3,(H,25,26). The summed E-state index contributed by atoms with van der Waals surface area (Å²) in [5, 5.41) is 9.47. The highest BCUT2D eigenvalue weighted by molar-refractivity contribution is 5.80. The van der Waals surface area contributed by atoms with Gasteiger partial charge < -0.3 is 10.0 Å². The summed E-state index contributed by atoms with van der Waals surface area (Å²) in [7, 11) is 0. The first kappa shape index (κ1) is 19.1. The smallest absolute Gasteiger partial charge is 0.303 e. The summed E-state index contributed by atoms with van der Waals surface area (Å²) < 4.78 is 1.48. The molecule has 0 saturated carbocycles. The van der Waals surface area contributed by atoms with Crippen molar-refractivity contribution >= 4 is 22.8 Å². The van der Waals surface area contributed by atoms with Gasteiger partial charge in [-0.05, 0) is 44.2 Å². The van der Waals surface area contributed by atoms with Gasteiger partial charge in [-0.3, -0.25) is 19.0 Å². The van der Waals surface area contributed by atoms with Crippen molar-refractivity contribution in [1.82, 2.24) is 14.5 Å². The SMILES string of the molecule is Cc1cccc2c(=O)n(CCC(=O)N3CCCCC3CCC(=O)O)cnc12. The topological polar surface area (TPSA) is 92.5 Å². The van der Waals surface area contributed by atoms with E-state index in [2.05, 4.69) is 4.98 Å². The van der Waals surface area contributed by atoms with Crippen molar-refractivity contribution in [3.05, 3.63) is 40.4 Å². The van der Waals surface area contributed by atoms with Gasteiger partial charge in [0.05, 0.1) is 17.2 Å². The van der Waals surface area contributed by atoms with Gasteiger partial charge in [-0.15, -0.1) is 0 Å². The number of nitrogens with zero attached hydrogens (tertiary/aromatic N) is 3. The Morgan fingerprint density at radius 3 is 2.85 bits per heavy atom. The van der Waals surface area contributed by atoms with Crippen molar-refractivity contribution in [2.75, 3.05) is 6.54 Å². The van der Waals surface area contributed by atoms with Crippen LogP contribution in [0.2, 0.25) is 0 Å². The molecule has 1 saturated heterocycles. The maximum absolute atomic E-state index is 12.7. The molecule has 1 aromatic carbocycles. The van der Waals surface area contributed by atoms with Crippen LogP contribution in [0, 0.1) is 6.92 Å². The van der Waals surface area contributed by atoms with Crippen LogP contribution in [0.1, 0.15) is 44.1 Å². The fraction of sp³-hybridized carbons (Fsp3) is 0.500. The molecule has 1 aromatic heterocycles. The van der Waals surface area contributed by atoms with E-state index in [1.54, 1.807) is 11.0 Å². The van der Waals surface area contributed by atoms with E-state index in [0.29, 0.717) is 23.9 Å². The largest absolute Gasteiger partial charge is 0.481 e. The number of carboxylic acids is 1. The first-order valence-electron chi connectivity index (χ1n) is 9.43. The second-order valence-electron chi connectivity index (χ2n) is 7.13. The Bertz CT molecular complexity index is 906. The Morgan fingerprint density at radius 2 is 2.07 bits per heavy atom. The molecule has 3 rings (SSSR count). The van der Waals surface area contributed by atoms with E-state index < -0.39 is 5.97 Å². The lowest BCUT2D eigenvalue weighted by atomic mass is 9.97. The summed E-state index contributed by atoms with van der Waals surface area (Å²) >= 11 is 0. The number of hydrogen-bond donors (Lipinski definition) is 1. The molecule has 1 atom stereocenters. The number of likely N-dealkylation sites (tertiary alicyclic amines) is 1. The average Bonchev–Trinajstić information content (AvgIpc) is 2.66. The number of carbonyl (C=O) groups excluding carboxylic acids is 1. The molecule has 1 fully saturated rings. The van der Waals surface area contributed by atoms with Crippen LogP contribution in [0.3, 0.4) is 0 Å². The molecule has 1 unspecified atom stereocenters. The summed E-state index contributed by atoms with van der Waals surface area (Å²) in [6.45, 7) is 2.85. The zero-order chi connectivity index (χ0) is 19.4. The van der Waals surface area contributed by atoms with Crippen LogP contribution in [0.15, 0.2) is 29.3 Å². The molecule has 144 valence electrons. The van der Waals surface area contributed by atoms with Crippen molar-refractivity contribution in [3.8, 4) is 0 Å². The summed E-state index contributed by atoms with van der Waals surface area (Å²) in [4.78, 5) is 42.4. The monoisotopic (exact) mass is 371 g/mol. The van der Waals surface area contributed by atoms with Crippen LogP contribution < -0.4 is 5.56 Å². The molecule has 0 bridgehead atoms. The fourth-order valence-electron chi connectivity index (χ4n) is 3.78. The Kier molecular flexibility index (Phi) is 5.88. The number of aliphatic carboxylic acids is 1. The lowest BCUT2D eigenvalue weighted by molar-refractivity contribution is -0.140. The molecular formula is C20H25N3O4. The van der Waals surface area contributed by atoms with Gasteiger partial charge in [-0.2, -0.15) is 0 Å². The summed E-state index contributed by atoms with van der Waals surface area (Å²) in [6.07, 6.45) is 5.06. The molecule has 1 N–H and O–H groups in total. The number of carboxylic acid groups (broad SMARTS) is 1. The molecule has 0 spiro atoms. The van der Waals surface area contributed by atoms with E-state index in [0.717, 1.165) is 24.8 Å². The lowest BCUT2D eigenvalue weighted by Crippen LogP contribution is -2.44. The van der Waals surface area contributed by atoms with Crippen molar-refractivity contribution in [3.63, 3.8) is 0 Å². The maximum Gasteiger partial charge on any atom is 0.303 e. The average molecular weight is 371 g/mol. The number of carbonyl (C=O) groups is 2. The van der Waals surface area contributed by atoms with Gasteiger partial charge in [0, 0.05) is 32.0 Å². The van der Waals surface area contributed by atoms with Crippen LogP contribution in [0.5, 0.6) is 0 Å². The Morgan fingerprint density at radius 1 is 1.26 bits per heavy atom. The third kappa shape index (κ3) is 4.35. The van der Waals surface area contributed by atoms with Gasteiger partial charge in [-0.1, -0.05) is 12.1 Å². The minimum atomic E-state index is -0.836. The Balaban J connectivity index is 1.69. The van der Waals surface area contributed by atoms with Crippen molar-refractivity contribution in [1.29, 1.82) is 0 Å². The second-order valence-corrected chi connectivity index (χ2v) is 7.13. The molecule has 1 aliphatic rings. The van der Waals surface area contributed by atoms with Crippen molar-refractivity contribution in [2.24, 2.45) is 0 Å². The summed E-state index contributed by atoms with van der Waals surface area (Å²) in [5.74, 6) is -0.863. The molecule has 7 heteroatoms. The van der Waals surface area contributed by atoms with E-state index in [1.807, 2.05) is 19.1 Å². The number of para-hydroxylation sites is 1. The number of amides is 1. The van der Waals surface area contributed by atoms with Gasteiger partial charge in [0.15, 0.2) is 0 Å². The van der Waals surface area contributed by atoms with Crippen LogP contribution in [0.4, 0.5) is 0 Å². The highest BCUT2D eigenvalue weighted by Crippen LogP contribution is 2.22. The minimum absolute atomic E-state index is 0.0172. The molecule has 2 aromatic rings. The molecule has 7 nitrogen and oxygen atoms in total. The number of aryl methyl sites for hydroxylation is 2. The van der Waals surface area contributed by atoms with E-state index in [4.69, 9.17) is 5.11 Å². The zero-order valence-corrected chi connectivity index (χ0v) is 15.6. The normalized spacial score (nSPS) is 17.2. The van der Waals surface area contributed by atoms with E-state index in [-0.39, 0.29) is 36.9 Å². The highest BCUT2D eigenvalue weighted by Gasteiger charge is 2.26. The van der Waals surface area contributed by atoms with Crippen LogP contribution >= 0.6 is 0 Å². The zero-order valence-electron chi connectivity index (χ0n) is 15.6. The van der Waals surface area contributed by atoms with E-state index in [9.17, 15) is 14.4 Å². The molecule has 2 heterocycles.